The van der Waals surface area contributed by atoms with E-state index >= 15 is 0 Å². The molecule has 0 bridgehead atoms. The minimum atomic E-state index is -0.312. The van der Waals surface area contributed by atoms with Crippen molar-refractivity contribution in [3.05, 3.63) is 72.8 Å². The van der Waals surface area contributed by atoms with Crippen molar-refractivity contribution in [3.63, 3.8) is 0 Å². The predicted molar refractivity (Wildman–Crippen MR) is 132 cm³/mol. The molecule has 0 fully saturated rings. The molecule has 0 radical (unpaired) electrons. The molecule has 2 N–H and O–H groups in total. The van der Waals surface area contributed by atoms with Gasteiger partial charge in [0.15, 0.2) is 0 Å². The van der Waals surface area contributed by atoms with Crippen LogP contribution < -0.4 is 15.5 Å². The van der Waals surface area contributed by atoms with Crippen LogP contribution in [0.2, 0.25) is 0 Å². The predicted octanol–water partition coefficient (Wildman–Crippen LogP) is 6.32. The minimum absolute atomic E-state index is 0.312. The van der Waals surface area contributed by atoms with E-state index in [1.807, 2.05) is 72.8 Å². The van der Waals surface area contributed by atoms with E-state index in [-0.39, 0.29) is 6.03 Å². The molecule has 31 heavy (non-hydrogen) atoms. The topological polar surface area (TPSA) is 57.3 Å². The Bertz CT molecular complexity index is 1140. The van der Waals surface area contributed by atoms with Crippen LogP contribution in [-0.2, 0) is 0 Å². The number of hydrogen-bond donors (Lipinski definition) is 2. The number of nitrogens with zero attached hydrogens (tertiary/aromatic N) is 2. The summed E-state index contributed by atoms with van der Waals surface area (Å²) in [6.45, 7) is 1.42. The fourth-order valence-electron chi connectivity index (χ4n) is 3.58. The Hall–Kier alpha value is -3.02. The lowest BCUT2D eigenvalue weighted by molar-refractivity contribution is 0.262. The van der Waals surface area contributed by atoms with Crippen molar-refractivity contribution in [2.24, 2.45) is 0 Å². The fourth-order valence-corrected chi connectivity index (χ4v) is 3.99. The number of benzene rings is 3. The Morgan fingerprint density at radius 3 is 1.87 bits per heavy atom. The van der Waals surface area contributed by atoms with Crippen LogP contribution in [0.25, 0.3) is 21.8 Å². The molecule has 0 atom stereocenters. The Balaban J connectivity index is 1.56. The number of para-hydroxylation sites is 2. The first kappa shape index (κ1) is 21.2. The number of rotatable bonds is 7. The van der Waals surface area contributed by atoms with Gasteiger partial charge < -0.3 is 15.5 Å². The molecule has 0 saturated heterocycles. The molecule has 0 unspecified atom stereocenters. The van der Waals surface area contributed by atoms with E-state index < -0.39 is 0 Å². The van der Waals surface area contributed by atoms with Gasteiger partial charge >= 0.3 is 6.03 Å². The summed E-state index contributed by atoms with van der Waals surface area (Å²) in [7, 11) is 0. The van der Waals surface area contributed by atoms with Gasteiger partial charge in [-0.15, -0.1) is 23.2 Å². The minimum Gasteiger partial charge on any atom is -0.369 e. The molecule has 4 rings (SSSR count). The highest BCUT2D eigenvalue weighted by Gasteiger charge is 2.12. The van der Waals surface area contributed by atoms with Crippen LogP contribution in [0.5, 0.6) is 0 Å². The molecule has 1 heterocycles. The van der Waals surface area contributed by atoms with Crippen molar-refractivity contribution >= 4 is 68.1 Å². The van der Waals surface area contributed by atoms with Crippen LogP contribution in [0.3, 0.4) is 0 Å². The van der Waals surface area contributed by atoms with Gasteiger partial charge in [0.1, 0.15) is 0 Å². The number of fused-ring (bicyclic) bond motifs is 2. The van der Waals surface area contributed by atoms with Crippen molar-refractivity contribution in [1.29, 1.82) is 0 Å². The number of anilines is 3. The number of hydrogen-bond acceptors (Lipinski definition) is 3. The molecule has 3 aromatic carbocycles. The summed E-state index contributed by atoms with van der Waals surface area (Å²) in [5.41, 5.74) is 4.11. The second kappa shape index (κ2) is 9.86. The Labute approximate surface area is 191 Å². The molecule has 0 aliphatic carbocycles. The van der Waals surface area contributed by atoms with Gasteiger partial charge in [0.25, 0.3) is 0 Å². The van der Waals surface area contributed by atoms with Crippen LogP contribution in [0.4, 0.5) is 21.9 Å². The summed E-state index contributed by atoms with van der Waals surface area (Å²) < 4.78 is 0. The maximum atomic E-state index is 12.8. The van der Waals surface area contributed by atoms with Crippen LogP contribution >= 0.6 is 23.2 Å². The number of pyridine rings is 1. The first-order chi connectivity index (χ1) is 15.2. The van der Waals surface area contributed by atoms with Crippen LogP contribution in [-0.4, -0.2) is 35.9 Å². The lowest BCUT2D eigenvalue weighted by atomic mass is 10.1. The lowest BCUT2D eigenvalue weighted by Crippen LogP contribution is -2.27. The summed E-state index contributed by atoms with van der Waals surface area (Å²) in [6.07, 6.45) is 0. The average Bonchev–Trinajstić information content (AvgIpc) is 2.79. The SMILES string of the molecule is O=C(Nc1ccc(N(CCCl)CCCl)cc1)Nc1c2ccccc2nc2ccccc12. The molecule has 4 aromatic rings. The Kier molecular flexibility index (Phi) is 6.75. The van der Waals surface area contributed by atoms with Crippen molar-refractivity contribution in [1.82, 2.24) is 4.98 Å². The van der Waals surface area contributed by atoms with Gasteiger partial charge in [0.05, 0.1) is 16.7 Å². The average molecular weight is 453 g/mol. The van der Waals surface area contributed by atoms with Gasteiger partial charge in [-0.2, -0.15) is 0 Å². The third-order valence-corrected chi connectivity index (χ3v) is 5.36. The van der Waals surface area contributed by atoms with Crippen LogP contribution in [0, 0.1) is 0 Å². The summed E-state index contributed by atoms with van der Waals surface area (Å²) in [4.78, 5) is 19.6. The Morgan fingerprint density at radius 2 is 1.32 bits per heavy atom. The molecular formula is C24H22Cl2N4O. The second-order valence-electron chi connectivity index (χ2n) is 7.01. The molecule has 0 aliphatic rings. The molecule has 158 valence electrons. The highest BCUT2D eigenvalue weighted by molar-refractivity contribution is 6.18. The van der Waals surface area contributed by atoms with Crippen LogP contribution in [0.15, 0.2) is 72.8 Å². The van der Waals surface area contributed by atoms with Gasteiger partial charge in [-0.3, -0.25) is 0 Å². The molecule has 5 nitrogen and oxygen atoms in total. The van der Waals surface area contributed by atoms with E-state index in [0.29, 0.717) is 30.5 Å². The monoisotopic (exact) mass is 452 g/mol. The number of urea groups is 1. The van der Waals surface area contributed by atoms with E-state index in [0.717, 1.165) is 33.2 Å². The van der Waals surface area contributed by atoms with Crippen molar-refractivity contribution in [3.8, 4) is 0 Å². The first-order valence-electron chi connectivity index (χ1n) is 10.0. The highest BCUT2D eigenvalue weighted by Crippen LogP contribution is 2.30. The summed E-state index contributed by atoms with van der Waals surface area (Å²) in [6, 6.07) is 22.9. The van der Waals surface area contributed by atoms with Gasteiger partial charge in [-0.05, 0) is 36.4 Å². The highest BCUT2D eigenvalue weighted by atomic mass is 35.5. The maximum Gasteiger partial charge on any atom is 0.323 e. The zero-order valence-electron chi connectivity index (χ0n) is 16.8. The largest absolute Gasteiger partial charge is 0.369 e. The van der Waals surface area contributed by atoms with E-state index in [2.05, 4.69) is 15.5 Å². The number of carbonyl (C=O) groups is 1. The molecule has 7 heteroatoms. The van der Waals surface area contributed by atoms with E-state index in [4.69, 9.17) is 28.2 Å². The molecule has 1 aromatic heterocycles. The zero-order valence-corrected chi connectivity index (χ0v) is 18.3. The van der Waals surface area contributed by atoms with Crippen molar-refractivity contribution < 1.29 is 4.79 Å². The first-order valence-corrected chi connectivity index (χ1v) is 11.1. The summed E-state index contributed by atoms with van der Waals surface area (Å²) in [5, 5.41) is 7.71. The molecule has 0 aliphatic heterocycles. The number of halogens is 2. The molecule has 0 saturated carbocycles. The number of alkyl halides is 2. The van der Waals surface area contributed by atoms with Gasteiger partial charge in [-0.1, -0.05) is 36.4 Å². The van der Waals surface area contributed by atoms with E-state index in [1.54, 1.807) is 0 Å². The molecular weight excluding hydrogens is 431 g/mol. The van der Waals surface area contributed by atoms with E-state index in [1.165, 1.54) is 0 Å². The number of amides is 2. The van der Waals surface area contributed by atoms with E-state index in [9.17, 15) is 4.79 Å². The number of carbonyl (C=O) groups excluding carboxylic acids is 1. The van der Waals surface area contributed by atoms with Crippen molar-refractivity contribution in [2.45, 2.75) is 0 Å². The quantitative estimate of drug-likeness (QED) is 0.255. The molecule has 2 amide bonds. The third-order valence-electron chi connectivity index (χ3n) is 5.03. The summed E-state index contributed by atoms with van der Waals surface area (Å²) >= 11 is 11.8. The lowest BCUT2D eigenvalue weighted by Gasteiger charge is -2.23. The number of nitrogens with one attached hydrogen (secondary N) is 2. The third kappa shape index (κ3) is 4.84. The van der Waals surface area contributed by atoms with Crippen molar-refractivity contribution in [2.75, 3.05) is 40.4 Å². The number of aromatic nitrogens is 1. The Morgan fingerprint density at radius 1 is 0.774 bits per heavy atom. The zero-order chi connectivity index (χ0) is 21.6. The maximum absolute atomic E-state index is 12.8. The normalized spacial score (nSPS) is 10.9. The van der Waals surface area contributed by atoms with Gasteiger partial charge in [-0.25, -0.2) is 9.78 Å². The van der Waals surface area contributed by atoms with Crippen LogP contribution in [0.1, 0.15) is 0 Å². The summed E-state index contributed by atoms with van der Waals surface area (Å²) in [5.74, 6) is 1.04. The van der Waals surface area contributed by atoms with Gasteiger partial charge in [0.2, 0.25) is 0 Å². The van der Waals surface area contributed by atoms with Gasteiger partial charge in [0, 0.05) is 47.0 Å². The smallest absolute Gasteiger partial charge is 0.323 e. The molecule has 0 spiro atoms. The fraction of sp³-hybridized carbons (Fsp3) is 0.167. The second-order valence-corrected chi connectivity index (χ2v) is 7.77. The standard InChI is InChI=1S/C24H22Cl2N4O/c25-13-15-30(16-14-26)18-11-9-17(10-12-18)27-24(31)29-23-19-5-1-3-7-21(19)28-22-8-4-2-6-20(22)23/h1-12H,13-16H2,(H2,27,28,29,31).